The van der Waals surface area contributed by atoms with Crippen LogP contribution < -0.4 is 4.74 Å². The molecule has 0 fully saturated rings. The first-order chi connectivity index (χ1) is 9.29. The molecule has 3 heteroatoms. The van der Waals surface area contributed by atoms with Crippen molar-refractivity contribution in [3.63, 3.8) is 0 Å². The summed E-state index contributed by atoms with van der Waals surface area (Å²) in [5.74, 6) is 0.739. The summed E-state index contributed by atoms with van der Waals surface area (Å²) in [5.41, 5.74) is 2.96. The number of hydrogen-bond acceptors (Lipinski definition) is 3. The Hall–Kier alpha value is -1.87. The topological polar surface area (TPSA) is 42.4 Å². The predicted molar refractivity (Wildman–Crippen MR) is 75.2 cm³/mol. The largest absolute Gasteiger partial charge is 0.493 e. The van der Waals surface area contributed by atoms with Crippen molar-refractivity contribution >= 4 is 0 Å². The average molecular weight is 257 g/mol. The van der Waals surface area contributed by atoms with Crippen molar-refractivity contribution in [1.82, 2.24) is 4.98 Å². The molecule has 3 nitrogen and oxygen atoms in total. The van der Waals surface area contributed by atoms with E-state index in [1.54, 1.807) is 6.20 Å². The summed E-state index contributed by atoms with van der Waals surface area (Å²) in [6.45, 7) is 2.52. The minimum Gasteiger partial charge on any atom is -0.493 e. The number of pyridine rings is 1. The van der Waals surface area contributed by atoms with Crippen molar-refractivity contribution < 1.29 is 9.84 Å². The van der Waals surface area contributed by atoms with Gasteiger partial charge in [-0.25, -0.2) is 0 Å². The highest BCUT2D eigenvalue weighted by Crippen LogP contribution is 2.18. The Kier molecular flexibility index (Phi) is 4.93. The van der Waals surface area contributed by atoms with Gasteiger partial charge < -0.3 is 9.84 Å². The highest BCUT2D eigenvalue weighted by atomic mass is 16.5. The van der Waals surface area contributed by atoms with Gasteiger partial charge in [-0.1, -0.05) is 30.3 Å². The van der Waals surface area contributed by atoms with Crippen LogP contribution in [0, 0.1) is 6.92 Å². The van der Waals surface area contributed by atoms with Crippen LogP contribution in [-0.4, -0.2) is 16.7 Å². The molecule has 0 amide bonds. The normalized spacial score (nSPS) is 10.4. The van der Waals surface area contributed by atoms with Crippen LogP contribution in [0.3, 0.4) is 0 Å². The summed E-state index contributed by atoms with van der Waals surface area (Å²) in [4.78, 5) is 4.15. The number of benzene rings is 1. The second-order valence-corrected chi connectivity index (χ2v) is 4.53. The van der Waals surface area contributed by atoms with Crippen molar-refractivity contribution in [2.75, 3.05) is 6.61 Å². The molecule has 19 heavy (non-hydrogen) atoms. The molecule has 0 aliphatic carbocycles. The molecule has 0 spiro atoms. The lowest BCUT2D eigenvalue weighted by atomic mass is 10.1. The molecular formula is C16H19NO2. The predicted octanol–water partition coefficient (Wildman–Crippen LogP) is 2.89. The molecular weight excluding hydrogens is 238 g/mol. The van der Waals surface area contributed by atoms with Crippen molar-refractivity contribution in [2.45, 2.75) is 26.4 Å². The number of rotatable bonds is 6. The standard InChI is InChI=1S/C16H19NO2/c1-13-10-16(15(12-18)11-17-13)19-9-5-8-14-6-3-2-4-7-14/h2-4,6-7,10-11,18H,5,8-9,12H2,1H3. The number of aryl methyl sites for hydroxylation is 2. The van der Waals surface area contributed by atoms with Gasteiger partial charge in [-0.2, -0.15) is 0 Å². The molecule has 1 aromatic heterocycles. The molecule has 0 radical (unpaired) electrons. The third-order valence-corrected chi connectivity index (χ3v) is 2.96. The highest BCUT2D eigenvalue weighted by molar-refractivity contribution is 5.32. The van der Waals surface area contributed by atoms with Crippen LogP contribution in [0.5, 0.6) is 5.75 Å². The fourth-order valence-electron chi connectivity index (χ4n) is 1.92. The van der Waals surface area contributed by atoms with Crippen LogP contribution in [0.25, 0.3) is 0 Å². The molecule has 1 aromatic carbocycles. The van der Waals surface area contributed by atoms with E-state index in [0.29, 0.717) is 6.61 Å². The number of aliphatic hydroxyl groups excluding tert-OH is 1. The molecule has 0 aliphatic heterocycles. The Labute approximate surface area is 113 Å². The van der Waals surface area contributed by atoms with E-state index >= 15 is 0 Å². The summed E-state index contributed by atoms with van der Waals surface area (Å²) >= 11 is 0. The average Bonchev–Trinajstić information content (AvgIpc) is 2.45. The molecule has 1 heterocycles. The van der Waals surface area contributed by atoms with Gasteiger partial charge in [-0.3, -0.25) is 4.98 Å². The van der Waals surface area contributed by atoms with Crippen LogP contribution in [0.2, 0.25) is 0 Å². The molecule has 0 atom stereocenters. The minimum absolute atomic E-state index is 0.0404. The van der Waals surface area contributed by atoms with Gasteiger partial charge in [0.05, 0.1) is 13.2 Å². The molecule has 2 aromatic rings. The van der Waals surface area contributed by atoms with Gasteiger partial charge in [0.15, 0.2) is 0 Å². The SMILES string of the molecule is Cc1cc(OCCCc2ccccc2)c(CO)cn1. The summed E-state index contributed by atoms with van der Waals surface area (Å²) < 4.78 is 5.73. The van der Waals surface area contributed by atoms with Gasteiger partial charge in [0.2, 0.25) is 0 Å². The zero-order valence-electron chi connectivity index (χ0n) is 11.2. The van der Waals surface area contributed by atoms with Crippen molar-refractivity contribution in [1.29, 1.82) is 0 Å². The van der Waals surface area contributed by atoms with E-state index in [9.17, 15) is 5.11 Å². The summed E-state index contributed by atoms with van der Waals surface area (Å²) in [6.07, 6.45) is 3.62. The van der Waals surface area contributed by atoms with E-state index in [2.05, 4.69) is 17.1 Å². The zero-order chi connectivity index (χ0) is 13.5. The highest BCUT2D eigenvalue weighted by Gasteiger charge is 2.04. The molecule has 1 N–H and O–H groups in total. The Morgan fingerprint density at radius 1 is 1.21 bits per heavy atom. The van der Waals surface area contributed by atoms with Crippen LogP contribution in [0.15, 0.2) is 42.6 Å². The summed E-state index contributed by atoms with van der Waals surface area (Å²) in [6, 6.07) is 12.2. The molecule has 0 saturated heterocycles. The molecule has 0 unspecified atom stereocenters. The zero-order valence-corrected chi connectivity index (χ0v) is 11.2. The summed E-state index contributed by atoms with van der Waals surface area (Å²) in [7, 11) is 0. The second kappa shape index (κ2) is 6.90. The lowest BCUT2D eigenvalue weighted by Crippen LogP contribution is -2.03. The molecule has 100 valence electrons. The van der Waals surface area contributed by atoms with Gasteiger partial charge in [-0.05, 0) is 25.3 Å². The van der Waals surface area contributed by atoms with Crippen molar-refractivity contribution in [2.24, 2.45) is 0 Å². The Morgan fingerprint density at radius 2 is 2.00 bits per heavy atom. The number of nitrogens with zero attached hydrogens (tertiary/aromatic N) is 1. The molecule has 2 rings (SSSR count). The van der Waals surface area contributed by atoms with Crippen LogP contribution in [0.4, 0.5) is 0 Å². The maximum Gasteiger partial charge on any atom is 0.128 e. The van der Waals surface area contributed by atoms with Gasteiger partial charge in [0, 0.05) is 23.5 Å². The van der Waals surface area contributed by atoms with Crippen LogP contribution >= 0.6 is 0 Å². The third kappa shape index (κ3) is 4.07. The van der Waals surface area contributed by atoms with Crippen LogP contribution in [-0.2, 0) is 13.0 Å². The van der Waals surface area contributed by atoms with Gasteiger partial charge in [0.25, 0.3) is 0 Å². The molecule has 0 aliphatic rings. The molecule has 0 saturated carbocycles. The molecule has 0 bridgehead atoms. The fraction of sp³-hybridized carbons (Fsp3) is 0.312. The van der Waals surface area contributed by atoms with Gasteiger partial charge in [-0.15, -0.1) is 0 Å². The quantitative estimate of drug-likeness (QED) is 0.809. The number of aliphatic hydroxyl groups is 1. The van der Waals surface area contributed by atoms with E-state index in [0.717, 1.165) is 29.8 Å². The van der Waals surface area contributed by atoms with Crippen LogP contribution in [0.1, 0.15) is 23.2 Å². The van der Waals surface area contributed by atoms with E-state index in [4.69, 9.17) is 4.74 Å². The maximum atomic E-state index is 9.22. The first-order valence-electron chi connectivity index (χ1n) is 6.52. The number of ether oxygens (including phenoxy) is 1. The number of hydrogen-bond donors (Lipinski definition) is 1. The van der Waals surface area contributed by atoms with E-state index in [1.807, 2.05) is 31.2 Å². The smallest absolute Gasteiger partial charge is 0.128 e. The Bertz CT molecular complexity index is 511. The van der Waals surface area contributed by atoms with Crippen molar-refractivity contribution in [3.05, 3.63) is 59.4 Å². The Morgan fingerprint density at radius 3 is 2.74 bits per heavy atom. The lowest BCUT2D eigenvalue weighted by molar-refractivity contribution is 0.260. The van der Waals surface area contributed by atoms with E-state index in [-0.39, 0.29) is 6.61 Å². The monoisotopic (exact) mass is 257 g/mol. The fourth-order valence-corrected chi connectivity index (χ4v) is 1.92. The minimum atomic E-state index is -0.0404. The lowest BCUT2D eigenvalue weighted by Gasteiger charge is -2.10. The number of aromatic nitrogens is 1. The second-order valence-electron chi connectivity index (χ2n) is 4.53. The van der Waals surface area contributed by atoms with Gasteiger partial charge >= 0.3 is 0 Å². The summed E-state index contributed by atoms with van der Waals surface area (Å²) in [5, 5.41) is 9.22. The van der Waals surface area contributed by atoms with E-state index < -0.39 is 0 Å². The van der Waals surface area contributed by atoms with Crippen molar-refractivity contribution in [3.8, 4) is 5.75 Å². The van der Waals surface area contributed by atoms with E-state index in [1.165, 1.54) is 5.56 Å². The first-order valence-corrected chi connectivity index (χ1v) is 6.52. The Balaban J connectivity index is 1.84. The van der Waals surface area contributed by atoms with Gasteiger partial charge in [0.1, 0.15) is 5.75 Å². The third-order valence-electron chi connectivity index (χ3n) is 2.96. The maximum absolute atomic E-state index is 9.22. The first kappa shape index (κ1) is 13.6.